The van der Waals surface area contributed by atoms with Gasteiger partial charge in [0.05, 0.1) is 0 Å². The molecular formula is C11H16N2O. The molecule has 2 N–H and O–H groups in total. The molecule has 1 saturated heterocycles. The van der Waals surface area contributed by atoms with Gasteiger partial charge in [-0.1, -0.05) is 0 Å². The van der Waals surface area contributed by atoms with Crippen LogP contribution in [-0.4, -0.2) is 17.4 Å². The zero-order valence-electron chi connectivity index (χ0n) is 8.33. The number of amides is 1. The van der Waals surface area contributed by atoms with Crippen LogP contribution in [0.1, 0.15) is 32.1 Å². The second-order valence-corrected chi connectivity index (χ2v) is 3.90. The van der Waals surface area contributed by atoms with E-state index in [0.717, 1.165) is 43.6 Å². The van der Waals surface area contributed by atoms with E-state index in [-0.39, 0.29) is 5.91 Å². The molecule has 0 radical (unpaired) electrons. The summed E-state index contributed by atoms with van der Waals surface area (Å²) in [5.41, 5.74) is 7.73. The largest absolute Gasteiger partial charge is 0.402 e. The molecule has 0 aromatic carbocycles. The highest BCUT2D eigenvalue weighted by Gasteiger charge is 2.21. The van der Waals surface area contributed by atoms with Crippen LogP contribution in [-0.2, 0) is 4.79 Å². The van der Waals surface area contributed by atoms with Crippen LogP contribution in [0.4, 0.5) is 0 Å². The maximum absolute atomic E-state index is 11.6. The fourth-order valence-corrected chi connectivity index (χ4v) is 1.98. The summed E-state index contributed by atoms with van der Waals surface area (Å²) in [5, 5.41) is 0. The Balaban J connectivity index is 2.10. The van der Waals surface area contributed by atoms with Crippen molar-refractivity contribution >= 4 is 5.91 Å². The summed E-state index contributed by atoms with van der Waals surface area (Å²) in [5.74, 6) is 0.274. The molecule has 0 saturated carbocycles. The number of allylic oxidation sites excluding steroid dienone is 4. The number of rotatable bonds is 1. The standard InChI is InChI=1S/C11H16N2O/c12-9-4-6-10(7-5-9)13-8-2-1-3-11(13)14/h4,6H,1-3,5,7-8,12H2. The van der Waals surface area contributed by atoms with Gasteiger partial charge in [0.15, 0.2) is 0 Å². The normalized spacial score (nSPS) is 23.1. The SMILES string of the molecule is NC1=CC=C(N2CCCCC2=O)CC1. The molecule has 2 rings (SSSR count). The summed E-state index contributed by atoms with van der Waals surface area (Å²) >= 11 is 0. The molecule has 0 aromatic heterocycles. The third-order valence-electron chi connectivity index (χ3n) is 2.83. The quantitative estimate of drug-likeness (QED) is 0.684. The van der Waals surface area contributed by atoms with Crippen molar-refractivity contribution in [2.45, 2.75) is 32.1 Å². The fourth-order valence-electron chi connectivity index (χ4n) is 1.98. The highest BCUT2D eigenvalue weighted by molar-refractivity contribution is 5.78. The van der Waals surface area contributed by atoms with Crippen molar-refractivity contribution in [3.8, 4) is 0 Å². The molecule has 1 fully saturated rings. The Morgan fingerprint density at radius 1 is 1.14 bits per heavy atom. The second-order valence-electron chi connectivity index (χ2n) is 3.90. The van der Waals surface area contributed by atoms with Crippen LogP contribution in [0.15, 0.2) is 23.5 Å². The molecule has 3 nitrogen and oxygen atoms in total. The first kappa shape index (κ1) is 9.31. The lowest BCUT2D eigenvalue weighted by Crippen LogP contribution is -2.35. The molecule has 1 heterocycles. The molecule has 0 aromatic rings. The van der Waals surface area contributed by atoms with Crippen LogP contribution in [0.5, 0.6) is 0 Å². The zero-order chi connectivity index (χ0) is 9.97. The van der Waals surface area contributed by atoms with E-state index in [1.807, 2.05) is 17.1 Å². The van der Waals surface area contributed by atoms with Crippen LogP contribution >= 0.6 is 0 Å². The summed E-state index contributed by atoms with van der Waals surface area (Å²) in [4.78, 5) is 13.5. The van der Waals surface area contributed by atoms with E-state index in [1.165, 1.54) is 0 Å². The molecular weight excluding hydrogens is 176 g/mol. The summed E-state index contributed by atoms with van der Waals surface area (Å²) in [7, 11) is 0. The van der Waals surface area contributed by atoms with Gasteiger partial charge >= 0.3 is 0 Å². The molecule has 0 spiro atoms. The Bertz CT molecular complexity index is 304. The van der Waals surface area contributed by atoms with E-state index in [2.05, 4.69) is 0 Å². The molecule has 1 amide bonds. The molecule has 76 valence electrons. The van der Waals surface area contributed by atoms with Crippen molar-refractivity contribution in [2.24, 2.45) is 5.73 Å². The van der Waals surface area contributed by atoms with E-state index in [9.17, 15) is 4.79 Å². The lowest BCUT2D eigenvalue weighted by atomic mass is 10.0. The average molecular weight is 192 g/mol. The van der Waals surface area contributed by atoms with Crippen molar-refractivity contribution < 1.29 is 4.79 Å². The van der Waals surface area contributed by atoms with Crippen molar-refractivity contribution in [1.82, 2.24) is 4.90 Å². The van der Waals surface area contributed by atoms with E-state index in [4.69, 9.17) is 5.73 Å². The number of nitrogens with zero attached hydrogens (tertiary/aromatic N) is 1. The summed E-state index contributed by atoms with van der Waals surface area (Å²) in [6.07, 6.45) is 8.58. The van der Waals surface area contributed by atoms with Crippen LogP contribution in [0.25, 0.3) is 0 Å². The molecule has 0 unspecified atom stereocenters. The second kappa shape index (κ2) is 3.86. The molecule has 0 bridgehead atoms. The van der Waals surface area contributed by atoms with Crippen LogP contribution in [0.2, 0.25) is 0 Å². The van der Waals surface area contributed by atoms with Crippen LogP contribution in [0.3, 0.4) is 0 Å². The first-order valence-electron chi connectivity index (χ1n) is 5.23. The third kappa shape index (κ3) is 1.81. The van der Waals surface area contributed by atoms with Gasteiger partial charge in [-0.05, 0) is 37.8 Å². The van der Waals surface area contributed by atoms with Crippen LogP contribution < -0.4 is 5.73 Å². The van der Waals surface area contributed by atoms with Gasteiger partial charge in [-0.3, -0.25) is 4.79 Å². The molecule has 1 aliphatic carbocycles. The average Bonchev–Trinajstić information content (AvgIpc) is 2.20. The van der Waals surface area contributed by atoms with Crippen molar-refractivity contribution in [3.63, 3.8) is 0 Å². The number of likely N-dealkylation sites (tertiary alicyclic amines) is 1. The topological polar surface area (TPSA) is 46.3 Å². The van der Waals surface area contributed by atoms with E-state index in [0.29, 0.717) is 6.42 Å². The number of hydrogen-bond donors (Lipinski definition) is 1. The van der Waals surface area contributed by atoms with Crippen molar-refractivity contribution in [1.29, 1.82) is 0 Å². The van der Waals surface area contributed by atoms with Gasteiger partial charge in [0, 0.05) is 24.4 Å². The first-order chi connectivity index (χ1) is 6.77. The van der Waals surface area contributed by atoms with Gasteiger partial charge in [0.25, 0.3) is 0 Å². The Labute approximate surface area is 84.3 Å². The molecule has 2 aliphatic rings. The molecule has 14 heavy (non-hydrogen) atoms. The van der Waals surface area contributed by atoms with Gasteiger partial charge in [-0.2, -0.15) is 0 Å². The zero-order valence-corrected chi connectivity index (χ0v) is 8.33. The van der Waals surface area contributed by atoms with E-state index in [1.54, 1.807) is 0 Å². The number of piperidine rings is 1. The van der Waals surface area contributed by atoms with E-state index >= 15 is 0 Å². The first-order valence-corrected chi connectivity index (χ1v) is 5.23. The van der Waals surface area contributed by atoms with Gasteiger partial charge in [0.2, 0.25) is 5.91 Å². The lowest BCUT2D eigenvalue weighted by Gasteiger charge is -2.30. The number of carbonyl (C=O) groups excluding carboxylic acids is 1. The summed E-state index contributed by atoms with van der Waals surface area (Å²) < 4.78 is 0. The van der Waals surface area contributed by atoms with Crippen molar-refractivity contribution in [2.75, 3.05) is 6.54 Å². The fraction of sp³-hybridized carbons (Fsp3) is 0.545. The number of carbonyl (C=O) groups is 1. The van der Waals surface area contributed by atoms with Crippen LogP contribution in [0, 0.1) is 0 Å². The molecule has 3 heteroatoms. The molecule has 0 atom stereocenters. The lowest BCUT2D eigenvalue weighted by molar-refractivity contribution is -0.131. The Morgan fingerprint density at radius 3 is 2.64 bits per heavy atom. The Morgan fingerprint density at radius 2 is 2.00 bits per heavy atom. The third-order valence-corrected chi connectivity index (χ3v) is 2.83. The predicted octanol–water partition coefficient (Wildman–Crippen LogP) is 1.52. The Hall–Kier alpha value is -1.25. The summed E-state index contributed by atoms with van der Waals surface area (Å²) in [6, 6.07) is 0. The minimum absolute atomic E-state index is 0.274. The van der Waals surface area contributed by atoms with E-state index < -0.39 is 0 Å². The highest BCUT2D eigenvalue weighted by Crippen LogP contribution is 2.23. The predicted molar refractivity (Wildman–Crippen MR) is 55.2 cm³/mol. The maximum atomic E-state index is 11.6. The monoisotopic (exact) mass is 192 g/mol. The maximum Gasteiger partial charge on any atom is 0.226 e. The van der Waals surface area contributed by atoms with Gasteiger partial charge in [-0.25, -0.2) is 0 Å². The summed E-state index contributed by atoms with van der Waals surface area (Å²) in [6.45, 7) is 0.887. The van der Waals surface area contributed by atoms with Gasteiger partial charge in [0.1, 0.15) is 0 Å². The number of hydrogen-bond acceptors (Lipinski definition) is 2. The van der Waals surface area contributed by atoms with Gasteiger partial charge in [-0.15, -0.1) is 0 Å². The van der Waals surface area contributed by atoms with Gasteiger partial charge < -0.3 is 10.6 Å². The minimum Gasteiger partial charge on any atom is -0.402 e. The minimum atomic E-state index is 0.274. The Kier molecular flexibility index (Phi) is 2.57. The highest BCUT2D eigenvalue weighted by atomic mass is 16.2. The molecule has 1 aliphatic heterocycles. The number of nitrogens with two attached hydrogens (primary N) is 1. The smallest absolute Gasteiger partial charge is 0.226 e. The van der Waals surface area contributed by atoms with Crippen molar-refractivity contribution in [3.05, 3.63) is 23.5 Å².